The fourth-order valence-electron chi connectivity index (χ4n) is 1.70. The van der Waals surface area contributed by atoms with Gasteiger partial charge >= 0.3 is 0 Å². The van der Waals surface area contributed by atoms with E-state index in [2.05, 4.69) is 0 Å². The van der Waals surface area contributed by atoms with Gasteiger partial charge in [-0.3, -0.25) is 8.51 Å². The Labute approximate surface area is 114 Å². The Balaban J connectivity index is 2.48. The first-order valence-electron chi connectivity index (χ1n) is 5.58. The van der Waals surface area contributed by atoms with Crippen molar-refractivity contribution in [2.45, 2.75) is 6.92 Å². The van der Waals surface area contributed by atoms with Gasteiger partial charge in [0.2, 0.25) is 0 Å². The summed E-state index contributed by atoms with van der Waals surface area (Å²) < 4.78 is 24.0. The number of nitriles is 1. The highest BCUT2D eigenvalue weighted by Crippen LogP contribution is 2.27. The molecule has 96 valence electrons. The average molecular weight is 271 g/mol. The quantitative estimate of drug-likeness (QED) is 0.806. The summed E-state index contributed by atoms with van der Waals surface area (Å²) in [4.78, 5) is 0. The molecule has 5 heteroatoms. The summed E-state index contributed by atoms with van der Waals surface area (Å²) in [7, 11) is 0. The topological polar surface area (TPSA) is 67.2 Å². The van der Waals surface area contributed by atoms with Crippen LogP contribution in [0.15, 0.2) is 48.5 Å². The number of hydrogen-bond acceptors (Lipinski definition) is 3. The third kappa shape index (κ3) is 2.99. The van der Waals surface area contributed by atoms with Crippen molar-refractivity contribution in [3.8, 4) is 6.07 Å². The zero-order valence-corrected chi connectivity index (χ0v) is 11.1. The Morgan fingerprint density at radius 3 is 2.42 bits per heavy atom. The van der Waals surface area contributed by atoms with E-state index in [1.807, 2.05) is 25.1 Å². The van der Waals surface area contributed by atoms with E-state index in [0.717, 1.165) is 9.87 Å². The third-order valence-electron chi connectivity index (χ3n) is 2.63. The van der Waals surface area contributed by atoms with E-state index in [-0.39, 0.29) is 0 Å². The first-order valence-corrected chi connectivity index (χ1v) is 6.61. The van der Waals surface area contributed by atoms with Gasteiger partial charge < -0.3 is 4.55 Å². The monoisotopic (exact) mass is 271 g/mol. The smallest absolute Gasteiger partial charge is 0.0992 e. The van der Waals surface area contributed by atoms with Gasteiger partial charge in [0.25, 0.3) is 0 Å². The van der Waals surface area contributed by atoms with E-state index in [0.29, 0.717) is 16.9 Å². The Bertz CT molecular complexity index is 647. The molecule has 0 aliphatic rings. The van der Waals surface area contributed by atoms with Gasteiger partial charge in [0.1, 0.15) is 0 Å². The molecule has 0 aromatic heterocycles. The van der Waals surface area contributed by atoms with Crippen LogP contribution in [0.1, 0.15) is 11.1 Å². The van der Waals surface area contributed by atoms with Crippen molar-refractivity contribution in [1.29, 1.82) is 5.26 Å². The molecule has 0 bridgehead atoms. The van der Waals surface area contributed by atoms with Crippen LogP contribution in [0.3, 0.4) is 0 Å². The second-order valence-electron chi connectivity index (χ2n) is 4.01. The van der Waals surface area contributed by atoms with Crippen LogP contribution >= 0.6 is 0 Å². The number of hydrogen-bond donors (Lipinski definition) is 0. The minimum absolute atomic E-state index is 0.417. The average Bonchev–Trinajstić information content (AvgIpc) is 2.41. The van der Waals surface area contributed by atoms with Crippen molar-refractivity contribution >= 4 is 22.6 Å². The lowest BCUT2D eigenvalue weighted by molar-refractivity contribution is 0.537. The van der Waals surface area contributed by atoms with Crippen molar-refractivity contribution in [3.05, 3.63) is 59.7 Å². The molecule has 0 saturated heterocycles. The standard InChI is InChI=1S/C14H12N2O2S/c1-11-5-7-13(8-6-11)16(19(17)18)14-4-2-3-12(9-14)10-15/h2-9H,1H3,(H,17,18)/p-1. The highest BCUT2D eigenvalue weighted by molar-refractivity contribution is 7.81. The van der Waals surface area contributed by atoms with E-state index in [1.165, 1.54) is 6.07 Å². The van der Waals surface area contributed by atoms with Gasteiger partial charge in [0, 0.05) is 0 Å². The van der Waals surface area contributed by atoms with Crippen LogP contribution in [-0.4, -0.2) is 8.76 Å². The van der Waals surface area contributed by atoms with Gasteiger partial charge in [-0.1, -0.05) is 23.8 Å². The van der Waals surface area contributed by atoms with Crippen molar-refractivity contribution in [2.24, 2.45) is 0 Å². The van der Waals surface area contributed by atoms with Gasteiger partial charge in [-0.25, -0.2) is 0 Å². The van der Waals surface area contributed by atoms with Gasteiger partial charge in [-0.15, -0.1) is 0 Å². The van der Waals surface area contributed by atoms with Crippen LogP contribution in [0.4, 0.5) is 11.4 Å². The Hall–Kier alpha value is -2.16. The Kier molecular flexibility index (Phi) is 3.95. The molecule has 1 unspecified atom stereocenters. The molecule has 0 fully saturated rings. The molecule has 1 atom stereocenters. The molecule has 2 rings (SSSR count). The molecule has 2 aromatic rings. The Morgan fingerprint density at radius 1 is 1.16 bits per heavy atom. The second kappa shape index (κ2) is 5.65. The molecule has 0 aliphatic heterocycles. The summed E-state index contributed by atoms with van der Waals surface area (Å²) in [6, 6.07) is 15.6. The molecule has 2 aromatic carbocycles. The summed E-state index contributed by atoms with van der Waals surface area (Å²) in [5.74, 6) is 0. The fourth-order valence-corrected chi connectivity index (χ4v) is 2.28. The van der Waals surface area contributed by atoms with Gasteiger partial charge in [-0.2, -0.15) is 5.26 Å². The first-order chi connectivity index (χ1) is 9.11. The van der Waals surface area contributed by atoms with Gasteiger partial charge in [-0.05, 0) is 37.3 Å². The van der Waals surface area contributed by atoms with Crippen LogP contribution in [0.2, 0.25) is 0 Å². The van der Waals surface area contributed by atoms with Gasteiger partial charge in [0.05, 0.1) is 34.3 Å². The van der Waals surface area contributed by atoms with Crippen molar-refractivity contribution < 1.29 is 8.76 Å². The van der Waals surface area contributed by atoms with E-state index in [4.69, 9.17) is 5.26 Å². The third-order valence-corrected chi connectivity index (χ3v) is 3.35. The molecular formula is C14H11N2O2S-. The highest BCUT2D eigenvalue weighted by atomic mass is 32.2. The molecule has 0 saturated carbocycles. The SMILES string of the molecule is Cc1ccc(N(c2cccc(C#N)c2)S(=O)[O-])cc1. The van der Waals surface area contributed by atoms with E-state index in [9.17, 15) is 8.76 Å². The van der Waals surface area contributed by atoms with Crippen LogP contribution in [-0.2, 0) is 11.3 Å². The number of nitrogens with zero attached hydrogens (tertiary/aromatic N) is 2. The van der Waals surface area contributed by atoms with E-state index in [1.54, 1.807) is 30.3 Å². The number of benzene rings is 2. The lowest BCUT2D eigenvalue weighted by atomic mass is 10.2. The summed E-state index contributed by atoms with van der Waals surface area (Å²) in [5.41, 5.74) is 2.44. The van der Waals surface area contributed by atoms with Crippen LogP contribution in [0.5, 0.6) is 0 Å². The van der Waals surface area contributed by atoms with Gasteiger partial charge in [0.15, 0.2) is 0 Å². The van der Waals surface area contributed by atoms with E-state index >= 15 is 0 Å². The molecule has 0 radical (unpaired) electrons. The first kappa shape index (κ1) is 13.3. The lowest BCUT2D eigenvalue weighted by Gasteiger charge is -2.26. The van der Waals surface area contributed by atoms with Crippen molar-refractivity contribution in [1.82, 2.24) is 0 Å². The summed E-state index contributed by atoms with van der Waals surface area (Å²) in [5, 5.41) is 8.87. The zero-order valence-electron chi connectivity index (χ0n) is 10.2. The highest BCUT2D eigenvalue weighted by Gasteiger charge is 2.10. The zero-order chi connectivity index (χ0) is 13.8. The fraction of sp³-hybridized carbons (Fsp3) is 0.0714. The maximum absolute atomic E-state index is 11.4. The second-order valence-corrected chi connectivity index (χ2v) is 4.81. The molecule has 0 spiro atoms. The normalized spacial score (nSPS) is 11.6. The minimum atomic E-state index is -2.45. The molecule has 0 heterocycles. The summed E-state index contributed by atoms with van der Waals surface area (Å²) in [6.07, 6.45) is 0. The number of anilines is 2. The predicted octanol–water partition coefficient (Wildman–Crippen LogP) is 2.80. The number of aryl methyl sites for hydroxylation is 1. The molecule has 4 nitrogen and oxygen atoms in total. The van der Waals surface area contributed by atoms with Crippen LogP contribution in [0.25, 0.3) is 0 Å². The van der Waals surface area contributed by atoms with Crippen LogP contribution in [0, 0.1) is 18.3 Å². The molecule has 0 amide bonds. The predicted molar refractivity (Wildman–Crippen MR) is 73.4 cm³/mol. The molecule has 0 N–H and O–H groups in total. The maximum atomic E-state index is 11.4. The maximum Gasteiger partial charge on any atom is 0.0992 e. The lowest BCUT2D eigenvalue weighted by Crippen LogP contribution is -2.19. The van der Waals surface area contributed by atoms with Crippen molar-refractivity contribution in [2.75, 3.05) is 4.31 Å². The molecule has 0 aliphatic carbocycles. The van der Waals surface area contributed by atoms with Crippen molar-refractivity contribution in [3.63, 3.8) is 0 Å². The molecular weight excluding hydrogens is 260 g/mol. The largest absolute Gasteiger partial charge is 0.755 e. The number of rotatable bonds is 3. The summed E-state index contributed by atoms with van der Waals surface area (Å²) >= 11 is -2.45. The van der Waals surface area contributed by atoms with Crippen LogP contribution < -0.4 is 4.31 Å². The van der Waals surface area contributed by atoms with E-state index < -0.39 is 11.3 Å². The Morgan fingerprint density at radius 2 is 1.84 bits per heavy atom. The molecule has 19 heavy (non-hydrogen) atoms. The minimum Gasteiger partial charge on any atom is -0.755 e. The summed E-state index contributed by atoms with van der Waals surface area (Å²) in [6.45, 7) is 1.93.